The van der Waals surface area contributed by atoms with Crippen molar-refractivity contribution >= 4 is 11.5 Å². The molecule has 1 aliphatic heterocycles. The van der Waals surface area contributed by atoms with Crippen molar-refractivity contribution in [3.8, 4) is 0 Å². The summed E-state index contributed by atoms with van der Waals surface area (Å²) in [5, 5.41) is 2.79. The smallest absolute Gasteiger partial charge is 0.352 e. The summed E-state index contributed by atoms with van der Waals surface area (Å²) >= 11 is 0. The first-order chi connectivity index (χ1) is 10.8. The molecule has 1 aromatic rings. The van der Waals surface area contributed by atoms with E-state index in [0.717, 1.165) is 11.1 Å². The fraction of sp³-hybridized carbons (Fsp3) is 0.471. The van der Waals surface area contributed by atoms with Gasteiger partial charge in [-0.25, -0.2) is 0 Å². The van der Waals surface area contributed by atoms with E-state index in [1.807, 2.05) is 37.3 Å². The maximum Gasteiger partial charge on any atom is 0.401 e. The van der Waals surface area contributed by atoms with E-state index in [9.17, 15) is 18.0 Å². The Morgan fingerprint density at radius 1 is 1.35 bits per heavy atom. The van der Waals surface area contributed by atoms with Crippen LogP contribution in [0.25, 0.3) is 5.57 Å². The Morgan fingerprint density at radius 3 is 2.70 bits per heavy atom. The Hall–Kier alpha value is -1.82. The van der Waals surface area contributed by atoms with Crippen LogP contribution in [0.15, 0.2) is 36.4 Å². The number of benzene rings is 1. The van der Waals surface area contributed by atoms with Crippen molar-refractivity contribution in [2.75, 3.05) is 26.2 Å². The lowest BCUT2D eigenvalue weighted by atomic mass is 10.1. The number of carbonyl (C=O) groups is 1. The number of rotatable bonds is 5. The first kappa shape index (κ1) is 17.5. The molecule has 1 N–H and O–H groups in total. The normalized spacial score (nSPS) is 19.8. The van der Waals surface area contributed by atoms with E-state index in [1.54, 1.807) is 0 Å². The van der Waals surface area contributed by atoms with Gasteiger partial charge in [-0.2, -0.15) is 13.2 Å². The van der Waals surface area contributed by atoms with Gasteiger partial charge >= 0.3 is 6.18 Å². The van der Waals surface area contributed by atoms with E-state index in [-0.39, 0.29) is 11.8 Å². The molecule has 1 unspecified atom stereocenters. The molecule has 23 heavy (non-hydrogen) atoms. The van der Waals surface area contributed by atoms with Crippen LogP contribution in [-0.2, 0) is 4.79 Å². The average molecular weight is 326 g/mol. The number of allylic oxidation sites excluding steroid dienone is 1. The number of carbonyl (C=O) groups excluding carboxylic acids is 1. The van der Waals surface area contributed by atoms with Gasteiger partial charge in [0.2, 0.25) is 5.91 Å². The van der Waals surface area contributed by atoms with Gasteiger partial charge in [0.05, 0.1) is 6.54 Å². The van der Waals surface area contributed by atoms with Gasteiger partial charge in [0, 0.05) is 19.2 Å². The number of likely N-dealkylation sites (tertiary alicyclic amines) is 1. The summed E-state index contributed by atoms with van der Waals surface area (Å²) in [6.45, 7) is 2.20. The number of alkyl halides is 3. The lowest BCUT2D eigenvalue weighted by Crippen LogP contribution is -2.34. The van der Waals surface area contributed by atoms with Crippen LogP contribution in [0.4, 0.5) is 13.2 Å². The van der Waals surface area contributed by atoms with Gasteiger partial charge in [-0.05, 0) is 36.9 Å². The molecule has 1 heterocycles. The van der Waals surface area contributed by atoms with Gasteiger partial charge in [0.1, 0.15) is 0 Å². The third-order valence-corrected chi connectivity index (χ3v) is 3.91. The maximum atomic E-state index is 12.3. The van der Waals surface area contributed by atoms with Crippen LogP contribution in [0.2, 0.25) is 0 Å². The molecule has 0 aliphatic carbocycles. The number of hydrogen-bond donors (Lipinski definition) is 1. The van der Waals surface area contributed by atoms with Gasteiger partial charge in [0.25, 0.3) is 0 Å². The highest BCUT2D eigenvalue weighted by Gasteiger charge is 2.34. The Labute approximate surface area is 134 Å². The molecule has 3 nitrogen and oxygen atoms in total. The zero-order chi connectivity index (χ0) is 16.9. The first-order valence-corrected chi connectivity index (χ1v) is 7.64. The minimum absolute atomic E-state index is 0.0757. The van der Waals surface area contributed by atoms with Crippen LogP contribution < -0.4 is 5.32 Å². The van der Waals surface area contributed by atoms with Gasteiger partial charge in [-0.1, -0.05) is 30.3 Å². The van der Waals surface area contributed by atoms with Crippen LogP contribution in [-0.4, -0.2) is 43.2 Å². The first-order valence-electron chi connectivity index (χ1n) is 7.64. The van der Waals surface area contributed by atoms with Crippen LogP contribution in [0, 0.1) is 5.92 Å². The van der Waals surface area contributed by atoms with Gasteiger partial charge in [-0.3, -0.25) is 9.69 Å². The highest BCUT2D eigenvalue weighted by molar-refractivity contribution is 5.94. The van der Waals surface area contributed by atoms with Gasteiger partial charge < -0.3 is 5.32 Å². The molecule has 126 valence electrons. The Morgan fingerprint density at radius 2 is 2.04 bits per heavy atom. The summed E-state index contributed by atoms with van der Waals surface area (Å²) in [4.78, 5) is 13.3. The van der Waals surface area contributed by atoms with E-state index in [2.05, 4.69) is 5.32 Å². The van der Waals surface area contributed by atoms with E-state index in [0.29, 0.717) is 26.1 Å². The molecule has 0 saturated carbocycles. The van der Waals surface area contributed by atoms with Crippen LogP contribution in [0.3, 0.4) is 0 Å². The molecule has 0 spiro atoms. The lowest BCUT2D eigenvalue weighted by Gasteiger charge is -2.17. The molecule has 0 radical (unpaired) electrons. The molecule has 1 aliphatic rings. The molecule has 1 aromatic carbocycles. The van der Waals surface area contributed by atoms with E-state index >= 15 is 0 Å². The molecular weight excluding hydrogens is 305 g/mol. The standard InChI is InChI=1S/C17H21F3N2O/c1-13(15-5-3-2-4-6-15)9-16(23)21-10-14-7-8-22(11-14)12-17(18,19)20/h2-6,9,14H,7-8,10-12H2,1H3,(H,21,23)/b13-9+. The van der Waals surface area contributed by atoms with E-state index < -0.39 is 12.7 Å². The molecular formula is C17H21F3N2O. The fourth-order valence-corrected chi connectivity index (χ4v) is 2.75. The quantitative estimate of drug-likeness (QED) is 0.844. The largest absolute Gasteiger partial charge is 0.401 e. The second-order valence-corrected chi connectivity index (χ2v) is 5.94. The SMILES string of the molecule is C/C(=C\C(=O)NCC1CCN(CC(F)(F)F)C1)c1ccccc1. The van der Waals surface area contributed by atoms with Gasteiger partial charge in [-0.15, -0.1) is 0 Å². The van der Waals surface area contributed by atoms with Gasteiger partial charge in [0.15, 0.2) is 0 Å². The monoisotopic (exact) mass is 326 g/mol. The summed E-state index contributed by atoms with van der Waals surface area (Å²) in [7, 11) is 0. The molecule has 0 aromatic heterocycles. The number of amides is 1. The lowest BCUT2D eigenvalue weighted by molar-refractivity contribution is -0.143. The van der Waals surface area contributed by atoms with Crippen molar-refractivity contribution in [3.63, 3.8) is 0 Å². The number of nitrogens with one attached hydrogen (secondary N) is 1. The van der Waals surface area contributed by atoms with Crippen molar-refractivity contribution in [2.45, 2.75) is 19.5 Å². The van der Waals surface area contributed by atoms with Crippen molar-refractivity contribution in [3.05, 3.63) is 42.0 Å². The van der Waals surface area contributed by atoms with Crippen molar-refractivity contribution < 1.29 is 18.0 Å². The van der Waals surface area contributed by atoms with Crippen LogP contribution in [0.5, 0.6) is 0 Å². The molecule has 1 atom stereocenters. The van der Waals surface area contributed by atoms with Crippen LogP contribution in [0.1, 0.15) is 18.9 Å². The second kappa shape index (κ2) is 7.64. The van der Waals surface area contributed by atoms with Crippen molar-refractivity contribution in [1.29, 1.82) is 0 Å². The third kappa shape index (κ3) is 6.06. The summed E-state index contributed by atoms with van der Waals surface area (Å²) in [5.74, 6) is -0.132. The number of nitrogens with zero attached hydrogens (tertiary/aromatic N) is 1. The topological polar surface area (TPSA) is 32.3 Å². The Balaban J connectivity index is 1.77. The highest BCUT2D eigenvalue weighted by atomic mass is 19.4. The molecule has 1 fully saturated rings. The molecule has 6 heteroatoms. The van der Waals surface area contributed by atoms with E-state index in [4.69, 9.17) is 0 Å². The van der Waals surface area contributed by atoms with Crippen LogP contribution >= 0.6 is 0 Å². The number of halogens is 3. The summed E-state index contributed by atoms with van der Waals surface area (Å²) in [5.41, 5.74) is 1.83. The molecule has 1 amide bonds. The molecule has 2 rings (SSSR count). The second-order valence-electron chi connectivity index (χ2n) is 5.94. The van der Waals surface area contributed by atoms with Crippen molar-refractivity contribution in [1.82, 2.24) is 10.2 Å². The summed E-state index contributed by atoms with van der Waals surface area (Å²) in [6.07, 6.45) is -1.96. The molecule has 1 saturated heterocycles. The fourth-order valence-electron chi connectivity index (χ4n) is 2.75. The third-order valence-electron chi connectivity index (χ3n) is 3.91. The zero-order valence-corrected chi connectivity index (χ0v) is 13.1. The van der Waals surface area contributed by atoms with Crippen molar-refractivity contribution in [2.24, 2.45) is 5.92 Å². The Kier molecular flexibility index (Phi) is 5.82. The summed E-state index contributed by atoms with van der Waals surface area (Å²) in [6, 6.07) is 9.55. The molecule has 0 bridgehead atoms. The minimum Gasteiger partial charge on any atom is -0.352 e. The minimum atomic E-state index is -4.16. The average Bonchev–Trinajstić information content (AvgIpc) is 2.91. The summed E-state index contributed by atoms with van der Waals surface area (Å²) < 4.78 is 37.0. The zero-order valence-electron chi connectivity index (χ0n) is 13.1. The van der Waals surface area contributed by atoms with E-state index in [1.165, 1.54) is 11.0 Å². The predicted molar refractivity (Wildman–Crippen MR) is 83.7 cm³/mol. The predicted octanol–water partition coefficient (Wildman–Crippen LogP) is 3.09. The maximum absolute atomic E-state index is 12.3. The number of hydrogen-bond acceptors (Lipinski definition) is 2. The Bertz CT molecular complexity index is 555. The highest BCUT2D eigenvalue weighted by Crippen LogP contribution is 2.22.